The van der Waals surface area contributed by atoms with Crippen LogP contribution in [-0.4, -0.2) is 15.7 Å². The molecule has 26 heavy (non-hydrogen) atoms. The van der Waals surface area contributed by atoms with Gasteiger partial charge in [0.1, 0.15) is 0 Å². The number of amides is 1. The fourth-order valence-electron chi connectivity index (χ4n) is 2.73. The van der Waals surface area contributed by atoms with Gasteiger partial charge in [-0.05, 0) is 50.3 Å². The Balaban J connectivity index is 1.79. The number of nitrogens with one attached hydrogen (secondary N) is 1. The van der Waals surface area contributed by atoms with E-state index in [1.165, 1.54) is 6.08 Å². The maximum absolute atomic E-state index is 12.2. The molecule has 0 spiro atoms. The van der Waals surface area contributed by atoms with E-state index in [2.05, 4.69) is 16.5 Å². The van der Waals surface area contributed by atoms with Crippen LogP contribution >= 0.6 is 0 Å². The summed E-state index contributed by atoms with van der Waals surface area (Å²) in [6.07, 6.45) is 3.24. The molecule has 0 saturated heterocycles. The van der Waals surface area contributed by atoms with Crippen molar-refractivity contribution in [1.29, 1.82) is 5.26 Å². The first-order valence-corrected chi connectivity index (χ1v) is 8.19. The van der Waals surface area contributed by atoms with E-state index in [1.54, 1.807) is 30.3 Å². The number of carbonyl (C=O) groups is 1. The second-order valence-corrected chi connectivity index (χ2v) is 5.85. The van der Waals surface area contributed by atoms with Crippen molar-refractivity contribution >= 4 is 17.7 Å². The maximum Gasteiger partial charge on any atom is 0.248 e. The fraction of sp³-hybridized carbons (Fsp3) is 0.0952. The minimum atomic E-state index is -0.258. The molecule has 128 valence electrons. The van der Waals surface area contributed by atoms with E-state index in [0.29, 0.717) is 11.3 Å². The summed E-state index contributed by atoms with van der Waals surface area (Å²) in [5, 5.41) is 16.2. The monoisotopic (exact) mass is 342 g/mol. The third kappa shape index (κ3) is 3.70. The lowest BCUT2D eigenvalue weighted by molar-refractivity contribution is -0.111. The van der Waals surface area contributed by atoms with E-state index in [-0.39, 0.29) is 5.91 Å². The molecular formula is C21H18N4O. The Morgan fingerprint density at radius 3 is 2.65 bits per heavy atom. The zero-order valence-electron chi connectivity index (χ0n) is 14.6. The number of benzene rings is 2. The van der Waals surface area contributed by atoms with Crippen LogP contribution in [0.3, 0.4) is 0 Å². The first-order valence-electron chi connectivity index (χ1n) is 8.19. The molecule has 0 aliphatic carbocycles. The number of hydrogen-bond acceptors (Lipinski definition) is 3. The van der Waals surface area contributed by atoms with Crippen molar-refractivity contribution in [3.63, 3.8) is 0 Å². The number of anilines is 1. The molecule has 1 heterocycles. The van der Waals surface area contributed by atoms with Crippen LogP contribution in [0.15, 0.2) is 60.7 Å². The Kier molecular flexibility index (Phi) is 4.95. The van der Waals surface area contributed by atoms with Gasteiger partial charge < -0.3 is 5.32 Å². The van der Waals surface area contributed by atoms with Gasteiger partial charge in [0.25, 0.3) is 0 Å². The van der Waals surface area contributed by atoms with Crippen LogP contribution in [-0.2, 0) is 4.79 Å². The zero-order valence-corrected chi connectivity index (χ0v) is 14.6. The van der Waals surface area contributed by atoms with Crippen LogP contribution in [0.5, 0.6) is 0 Å². The van der Waals surface area contributed by atoms with Crippen molar-refractivity contribution in [2.45, 2.75) is 13.8 Å². The van der Waals surface area contributed by atoms with Gasteiger partial charge in [-0.1, -0.05) is 24.3 Å². The van der Waals surface area contributed by atoms with E-state index in [4.69, 9.17) is 5.26 Å². The predicted octanol–water partition coefficient (Wildman–Crippen LogP) is 4.01. The van der Waals surface area contributed by atoms with Gasteiger partial charge in [-0.15, -0.1) is 0 Å². The SMILES string of the molecule is Cc1nn(-c2ccccc2)c(C)c1/C=C/C(=O)Nc1cccc(C#N)c1. The molecule has 0 radical (unpaired) electrons. The molecule has 3 aromatic rings. The van der Waals surface area contributed by atoms with Gasteiger partial charge in [0, 0.05) is 23.0 Å². The molecule has 0 aliphatic rings. The summed E-state index contributed by atoms with van der Waals surface area (Å²) in [4.78, 5) is 12.2. The van der Waals surface area contributed by atoms with Gasteiger partial charge in [-0.25, -0.2) is 4.68 Å². The van der Waals surface area contributed by atoms with Crippen molar-refractivity contribution in [1.82, 2.24) is 9.78 Å². The summed E-state index contributed by atoms with van der Waals surface area (Å²) in [5.74, 6) is -0.258. The minimum absolute atomic E-state index is 0.258. The lowest BCUT2D eigenvalue weighted by atomic mass is 10.1. The number of nitrogens with zero attached hydrogens (tertiary/aromatic N) is 3. The number of aryl methyl sites for hydroxylation is 1. The van der Waals surface area contributed by atoms with E-state index in [9.17, 15) is 4.79 Å². The maximum atomic E-state index is 12.2. The van der Waals surface area contributed by atoms with Crippen molar-refractivity contribution < 1.29 is 4.79 Å². The molecule has 0 atom stereocenters. The third-order valence-electron chi connectivity index (χ3n) is 4.01. The highest BCUT2D eigenvalue weighted by Gasteiger charge is 2.10. The van der Waals surface area contributed by atoms with Gasteiger partial charge in [0.2, 0.25) is 5.91 Å². The van der Waals surface area contributed by atoms with Crippen molar-refractivity contribution in [3.8, 4) is 11.8 Å². The average Bonchev–Trinajstić information content (AvgIpc) is 2.95. The Morgan fingerprint density at radius 2 is 1.92 bits per heavy atom. The minimum Gasteiger partial charge on any atom is -0.322 e. The Morgan fingerprint density at radius 1 is 1.15 bits per heavy atom. The number of nitriles is 1. The number of para-hydroxylation sites is 1. The second kappa shape index (κ2) is 7.49. The molecule has 0 bridgehead atoms. The van der Waals surface area contributed by atoms with Crippen LogP contribution in [0, 0.1) is 25.2 Å². The van der Waals surface area contributed by atoms with Crippen LogP contribution in [0.2, 0.25) is 0 Å². The van der Waals surface area contributed by atoms with Crippen LogP contribution in [0.4, 0.5) is 5.69 Å². The molecule has 0 fully saturated rings. The van der Waals surface area contributed by atoms with Crippen molar-refractivity contribution in [3.05, 3.63) is 83.2 Å². The Hall–Kier alpha value is -3.65. The topological polar surface area (TPSA) is 70.7 Å². The second-order valence-electron chi connectivity index (χ2n) is 5.85. The van der Waals surface area contributed by atoms with Gasteiger partial charge in [-0.2, -0.15) is 10.4 Å². The number of aromatic nitrogens is 2. The highest BCUT2D eigenvalue weighted by molar-refractivity contribution is 6.02. The Labute approximate surface area is 152 Å². The van der Waals surface area contributed by atoms with Gasteiger partial charge in [-0.3, -0.25) is 4.79 Å². The van der Waals surface area contributed by atoms with E-state index in [0.717, 1.165) is 22.6 Å². The van der Waals surface area contributed by atoms with Gasteiger partial charge in [0.15, 0.2) is 0 Å². The quantitative estimate of drug-likeness (QED) is 0.728. The first-order chi connectivity index (χ1) is 12.6. The molecule has 0 saturated carbocycles. The standard InChI is InChI=1S/C21H18N4O/c1-15-20(16(2)25(24-15)19-9-4-3-5-10-19)11-12-21(26)23-18-8-6-7-17(13-18)14-22/h3-13H,1-2H3,(H,23,26)/b12-11+. The summed E-state index contributed by atoms with van der Waals surface area (Å²) < 4.78 is 1.86. The molecule has 2 aromatic carbocycles. The zero-order chi connectivity index (χ0) is 18.5. The molecule has 0 unspecified atom stereocenters. The molecule has 1 N–H and O–H groups in total. The fourth-order valence-corrected chi connectivity index (χ4v) is 2.73. The summed E-state index contributed by atoms with van der Waals surface area (Å²) in [7, 11) is 0. The lowest BCUT2D eigenvalue weighted by Gasteiger charge is -2.04. The summed E-state index contributed by atoms with van der Waals surface area (Å²) in [6.45, 7) is 3.89. The first kappa shape index (κ1) is 17.2. The normalized spacial score (nSPS) is 10.7. The largest absolute Gasteiger partial charge is 0.322 e. The highest BCUT2D eigenvalue weighted by Crippen LogP contribution is 2.19. The molecule has 3 rings (SSSR count). The molecule has 5 nitrogen and oxygen atoms in total. The molecular weight excluding hydrogens is 324 g/mol. The molecule has 5 heteroatoms. The number of hydrogen-bond donors (Lipinski definition) is 1. The lowest BCUT2D eigenvalue weighted by Crippen LogP contribution is -2.07. The molecule has 0 aliphatic heterocycles. The molecule has 1 aromatic heterocycles. The Bertz CT molecular complexity index is 1010. The van der Waals surface area contributed by atoms with Crippen LogP contribution in [0.25, 0.3) is 11.8 Å². The summed E-state index contributed by atoms with van der Waals surface area (Å²) in [6, 6.07) is 18.7. The summed E-state index contributed by atoms with van der Waals surface area (Å²) in [5.41, 5.74) is 4.79. The van der Waals surface area contributed by atoms with Crippen molar-refractivity contribution in [2.24, 2.45) is 0 Å². The van der Waals surface area contributed by atoms with Gasteiger partial charge in [0.05, 0.1) is 23.0 Å². The van der Waals surface area contributed by atoms with Gasteiger partial charge >= 0.3 is 0 Å². The number of carbonyl (C=O) groups excluding carboxylic acids is 1. The van der Waals surface area contributed by atoms with E-state index in [1.807, 2.05) is 48.9 Å². The van der Waals surface area contributed by atoms with E-state index >= 15 is 0 Å². The van der Waals surface area contributed by atoms with Crippen molar-refractivity contribution in [2.75, 3.05) is 5.32 Å². The molecule has 1 amide bonds. The smallest absolute Gasteiger partial charge is 0.248 e. The predicted molar refractivity (Wildman–Crippen MR) is 102 cm³/mol. The van der Waals surface area contributed by atoms with Crippen LogP contribution < -0.4 is 5.32 Å². The van der Waals surface area contributed by atoms with Crippen LogP contribution in [0.1, 0.15) is 22.5 Å². The third-order valence-corrected chi connectivity index (χ3v) is 4.01. The highest BCUT2D eigenvalue weighted by atomic mass is 16.1. The summed E-state index contributed by atoms with van der Waals surface area (Å²) >= 11 is 0. The average molecular weight is 342 g/mol. The van der Waals surface area contributed by atoms with E-state index < -0.39 is 0 Å². The number of rotatable bonds is 4.